The summed E-state index contributed by atoms with van der Waals surface area (Å²) in [5.41, 5.74) is 1.71. The molecule has 9 heteroatoms. The third kappa shape index (κ3) is 6.85. The molecule has 0 amide bonds. The Kier molecular flexibility index (Phi) is 9.58. The van der Waals surface area contributed by atoms with Gasteiger partial charge in [0.25, 0.3) is 0 Å². The average Bonchev–Trinajstić information content (AvgIpc) is 3.15. The van der Waals surface area contributed by atoms with Crippen molar-refractivity contribution in [3.05, 3.63) is 39.3 Å². The summed E-state index contributed by atoms with van der Waals surface area (Å²) in [4.78, 5) is 21.8. The highest BCUT2D eigenvalue weighted by atomic mass is 32.1. The van der Waals surface area contributed by atoms with E-state index in [-0.39, 0.29) is 12.0 Å². The van der Waals surface area contributed by atoms with E-state index in [0.29, 0.717) is 36.1 Å². The molecule has 1 heterocycles. The normalized spacial score (nSPS) is 12.3. The van der Waals surface area contributed by atoms with Crippen molar-refractivity contribution in [2.45, 2.75) is 40.2 Å². The number of hydrogen-bond donors (Lipinski definition) is 2. The summed E-state index contributed by atoms with van der Waals surface area (Å²) in [6.45, 7) is 9.25. The maximum Gasteiger partial charge on any atom is 0.350 e. The number of aliphatic imine (C=N–C) groups is 1. The van der Waals surface area contributed by atoms with Crippen LogP contribution in [0.5, 0.6) is 11.5 Å². The molecule has 1 atom stereocenters. The van der Waals surface area contributed by atoms with Crippen molar-refractivity contribution in [2.24, 2.45) is 4.99 Å². The Hall–Kier alpha value is -2.81. The van der Waals surface area contributed by atoms with Crippen molar-refractivity contribution >= 4 is 23.3 Å². The zero-order valence-electron chi connectivity index (χ0n) is 19.1. The van der Waals surface area contributed by atoms with Crippen LogP contribution < -0.4 is 20.1 Å². The minimum Gasteiger partial charge on any atom is -0.497 e. The Labute approximate surface area is 188 Å². The van der Waals surface area contributed by atoms with Crippen LogP contribution >= 0.6 is 11.3 Å². The molecule has 0 radical (unpaired) electrons. The summed E-state index contributed by atoms with van der Waals surface area (Å²) in [7, 11) is 3.30. The number of methoxy groups -OCH3 is 2. The molecule has 2 rings (SSSR count). The number of hydrogen-bond acceptors (Lipinski definition) is 7. The fraction of sp³-hybridized carbons (Fsp3) is 0.500. The number of nitrogens with zero attached hydrogens (tertiary/aromatic N) is 2. The van der Waals surface area contributed by atoms with Gasteiger partial charge in [0.15, 0.2) is 5.96 Å². The molecule has 0 saturated heterocycles. The van der Waals surface area contributed by atoms with Crippen LogP contribution in [0.25, 0.3) is 0 Å². The van der Waals surface area contributed by atoms with Crippen LogP contribution in [-0.2, 0) is 11.2 Å². The van der Waals surface area contributed by atoms with Crippen molar-refractivity contribution in [3.63, 3.8) is 0 Å². The number of benzene rings is 1. The van der Waals surface area contributed by atoms with Crippen molar-refractivity contribution in [3.8, 4) is 11.5 Å². The number of guanidine groups is 1. The van der Waals surface area contributed by atoms with Crippen LogP contribution in [0.4, 0.5) is 0 Å². The summed E-state index contributed by atoms with van der Waals surface area (Å²) in [6.07, 6.45) is 0.703. The van der Waals surface area contributed by atoms with E-state index in [1.165, 1.54) is 11.3 Å². The molecule has 0 saturated carbocycles. The van der Waals surface area contributed by atoms with Crippen molar-refractivity contribution in [1.29, 1.82) is 0 Å². The summed E-state index contributed by atoms with van der Waals surface area (Å²) < 4.78 is 15.9. The van der Waals surface area contributed by atoms with Gasteiger partial charge in [0, 0.05) is 13.1 Å². The molecule has 0 aliphatic rings. The lowest BCUT2D eigenvalue weighted by atomic mass is 10.1. The number of rotatable bonds is 10. The lowest BCUT2D eigenvalue weighted by molar-refractivity contribution is 0.0531. The smallest absolute Gasteiger partial charge is 0.350 e. The first-order valence-corrected chi connectivity index (χ1v) is 11.1. The van der Waals surface area contributed by atoms with Gasteiger partial charge in [0.2, 0.25) is 0 Å². The molecule has 1 aromatic heterocycles. The third-order valence-corrected chi connectivity index (χ3v) is 5.80. The van der Waals surface area contributed by atoms with Gasteiger partial charge in [0.1, 0.15) is 21.4 Å². The largest absolute Gasteiger partial charge is 0.497 e. The molecular weight excluding hydrogens is 416 g/mol. The highest BCUT2D eigenvalue weighted by Gasteiger charge is 2.20. The quantitative estimate of drug-likeness (QED) is 0.326. The van der Waals surface area contributed by atoms with Crippen molar-refractivity contribution in [1.82, 2.24) is 15.6 Å². The molecule has 0 fully saturated rings. The van der Waals surface area contributed by atoms with E-state index in [0.717, 1.165) is 28.6 Å². The fourth-order valence-electron chi connectivity index (χ4n) is 2.94. The number of thiazole rings is 1. The van der Waals surface area contributed by atoms with Crippen LogP contribution in [0.15, 0.2) is 23.2 Å². The molecular formula is C22H32N4O4S. The molecule has 1 aromatic carbocycles. The summed E-state index contributed by atoms with van der Waals surface area (Å²) in [5, 5.41) is 7.42. The number of nitrogens with one attached hydrogen (secondary N) is 2. The zero-order chi connectivity index (χ0) is 22.8. The van der Waals surface area contributed by atoms with Gasteiger partial charge in [-0.3, -0.25) is 4.99 Å². The maximum atomic E-state index is 12.1. The van der Waals surface area contributed by atoms with Crippen LogP contribution in [-0.4, -0.2) is 50.8 Å². The van der Waals surface area contributed by atoms with Gasteiger partial charge in [-0.1, -0.05) is 0 Å². The van der Waals surface area contributed by atoms with Crippen LogP contribution in [0, 0.1) is 6.92 Å². The second-order valence-electron chi connectivity index (χ2n) is 6.74. The zero-order valence-corrected chi connectivity index (χ0v) is 19.9. The molecule has 0 aliphatic carbocycles. The van der Waals surface area contributed by atoms with E-state index >= 15 is 0 Å². The Balaban J connectivity index is 2.08. The number of carbonyl (C=O) groups excluding carboxylic acids is 1. The number of ether oxygens (including phenoxy) is 3. The summed E-state index contributed by atoms with van der Waals surface area (Å²) in [5.74, 6) is 1.95. The molecule has 8 nitrogen and oxygen atoms in total. The molecule has 0 bridgehead atoms. The van der Waals surface area contributed by atoms with E-state index in [1.54, 1.807) is 21.1 Å². The highest BCUT2D eigenvalue weighted by molar-refractivity contribution is 7.13. The second-order valence-corrected chi connectivity index (χ2v) is 7.77. The van der Waals surface area contributed by atoms with E-state index < -0.39 is 0 Å². The number of aryl methyl sites for hydroxylation is 1. The SMILES string of the molecule is CCNC(=NCCc1cc(OC)ccc1OC)NC(C)c1nc(C)c(C(=O)OCC)s1. The lowest BCUT2D eigenvalue weighted by Crippen LogP contribution is -2.38. The van der Waals surface area contributed by atoms with Gasteiger partial charge in [-0.2, -0.15) is 0 Å². The Morgan fingerprint density at radius 2 is 2.03 bits per heavy atom. The maximum absolute atomic E-state index is 12.1. The molecule has 0 spiro atoms. The number of carbonyl (C=O) groups is 1. The standard InChI is InChI=1S/C22H32N4O4S/c1-7-23-22(24-12-11-16-13-17(28-5)9-10-18(16)29-6)26-15(4)20-25-14(3)19(31-20)21(27)30-8-2/h9-10,13,15H,7-8,11-12H2,1-6H3,(H2,23,24,26). The topological polar surface area (TPSA) is 94.1 Å². The predicted octanol–water partition coefficient (Wildman–Crippen LogP) is 3.50. The first kappa shape index (κ1) is 24.5. The minimum absolute atomic E-state index is 0.115. The molecule has 31 heavy (non-hydrogen) atoms. The number of aromatic nitrogens is 1. The molecule has 0 aliphatic heterocycles. The lowest BCUT2D eigenvalue weighted by Gasteiger charge is -2.16. The van der Waals surface area contributed by atoms with Crippen molar-refractivity contribution in [2.75, 3.05) is 33.9 Å². The minimum atomic E-state index is -0.330. The van der Waals surface area contributed by atoms with E-state index in [4.69, 9.17) is 14.2 Å². The van der Waals surface area contributed by atoms with Crippen LogP contribution in [0.2, 0.25) is 0 Å². The van der Waals surface area contributed by atoms with Gasteiger partial charge in [0.05, 0.1) is 32.6 Å². The highest BCUT2D eigenvalue weighted by Crippen LogP contribution is 2.25. The van der Waals surface area contributed by atoms with Gasteiger partial charge in [-0.15, -0.1) is 11.3 Å². The molecule has 2 aromatic rings. The van der Waals surface area contributed by atoms with Gasteiger partial charge < -0.3 is 24.8 Å². The summed E-state index contributed by atoms with van der Waals surface area (Å²) in [6, 6.07) is 5.62. The first-order valence-electron chi connectivity index (χ1n) is 10.3. The van der Waals surface area contributed by atoms with E-state index in [9.17, 15) is 4.79 Å². The van der Waals surface area contributed by atoms with E-state index in [1.807, 2.05) is 39.0 Å². The predicted molar refractivity (Wildman–Crippen MR) is 124 cm³/mol. The monoisotopic (exact) mass is 448 g/mol. The Morgan fingerprint density at radius 3 is 2.68 bits per heavy atom. The second kappa shape index (κ2) is 12.1. The molecule has 2 N–H and O–H groups in total. The van der Waals surface area contributed by atoms with Crippen LogP contribution in [0.3, 0.4) is 0 Å². The fourth-order valence-corrected chi connectivity index (χ4v) is 3.90. The Bertz CT molecular complexity index is 898. The Morgan fingerprint density at radius 1 is 1.26 bits per heavy atom. The van der Waals surface area contributed by atoms with Gasteiger partial charge in [-0.25, -0.2) is 9.78 Å². The molecule has 1 unspecified atom stereocenters. The molecule has 170 valence electrons. The average molecular weight is 449 g/mol. The first-order chi connectivity index (χ1) is 14.9. The van der Waals surface area contributed by atoms with Crippen LogP contribution in [0.1, 0.15) is 52.7 Å². The van der Waals surface area contributed by atoms with E-state index in [2.05, 4.69) is 20.6 Å². The van der Waals surface area contributed by atoms with Crippen molar-refractivity contribution < 1.29 is 19.0 Å². The third-order valence-electron chi connectivity index (χ3n) is 4.48. The number of esters is 1. The van der Waals surface area contributed by atoms with Gasteiger partial charge >= 0.3 is 5.97 Å². The van der Waals surface area contributed by atoms with Gasteiger partial charge in [-0.05, 0) is 57.9 Å². The summed E-state index contributed by atoms with van der Waals surface area (Å²) >= 11 is 1.34.